The quantitative estimate of drug-likeness (QED) is 0.431. The van der Waals surface area contributed by atoms with Crippen LogP contribution in [-0.2, 0) is 4.79 Å². The highest BCUT2D eigenvalue weighted by atomic mass is 32.2. The van der Waals surface area contributed by atoms with Gasteiger partial charge >= 0.3 is 0 Å². The van der Waals surface area contributed by atoms with Gasteiger partial charge in [0.05, 0.1) is 12.9 Å². The first-order chi connectivity index (χ1) is 14.0. The van der Waals surface area contributed by atoms with Crippen molar-refractivity contribution in [3.8, 4) is 17.1 Å². The second kappa shape index (κ2) is 9.47. The maximum atomic E-state index is 12.3. The predicted octanol–water partition coefficient (Wildman–Crippen LogP) is 3.91. The number of carbonyl (C=O) groups excluding carboxylic acids is 1. The molecule has 0 saturated heterocycles. The minimum absolute atomic E-state index is 0.125. The number of anilines is 1. The molecular formula is C21H25N5O2S. The number of hydrogen-bond acceptors (Lipinski definition) is 6. The highest BCUT2D eigenvalue weighted by Crippen LogP contribution is 2.24. The second-order valence-corrected chi connectivity index (χ2v) is 7.62. The number of nitrogens with two attached hydrogens (primary N) is 1. The summed E-state index contributed by atoms with van der Waals surface area (Å²) in [5.74, 6) is 7.95. The van der Waals surface area contributed by atoms with Gasteiger partial charge in [0.15, 0.2) is 5.82 Å². The van der Waals surface area contributed by atoms with E-state index in [1.165, 1.54) is 22.0 Å². The zero-order valence-electron chi connectivity index (χ0n) is 16.8. The number of carbonyl (C=O) groups is 1. The fraction of sp³-hybridized carbons (Fsp3) is 0.286. The Bertz CT molecular complexity index is 954. The van der Waals surface area contributed by atoms with Gasteiger partial charge in [-0.25, -0.2) is 4.68 Å². The number of benzene rings is 2. The summed E-state index contributed by atoms with van der Waals surface area (Å²) in [5, 5.41) is 11.6. The molecule has 3 rings (SSSR count). The molecule has 0 spiro atoms. The maximum Gasteiger partial charge on any atom is 0.234 e. The van der Waals surface area contributed by atoms with E-state index in [0.717, 1.165) is 23.4 Å². The topological polar surface area (TPSA) is 95.1 Å². The molecule has 8 heteroatoms. The monoisotopic (exact) mass is 411 g/mol. The lowest BCUT2D eigenvalue weighted by Gasteiger charge is -2.10. The minimum atomic E-state index is -0.125. The largest absolute Gasteiger partial charge is 0.497 e. The molecular weight excluding hydrogens is 386 g/mol. The third-order valence-corrected chi connectivity index (χ3v) is 5.66. The van der Waals surface area contributed by atoms with Crippen LogP contribution in [0.3, 0.4) is 0 Å². The lowest BCUT2D eigenvalue weighted by atomic mass is 9.99. The molecule has 0 saturated carbocycles. The maximum absolute atomic E-state index is 12.3. The Morgan fingerprint density at radius 1 is 1.17 bits per heavy atom. The van der Waals surface area contributed by atoms with Crippen LogP contribution in [0.4, 0.5) is 5.69 Å². The summed E-state index contributed by atoms with van der Waals surface area (Å²) in [4.78, 5) is 12.3. The third-order valence-electron chi connectivity index (χ3n) is 4.72. The van der Waals surface area contributed by atoms with E-state index in [1.54, 1.807) is 7.11 Å². The highest BCUT2D eigenvalue weighted by Gasteiger charge is 2.14. The van der Waals surface area contributed by atoms with Crippen LogP contribution in [0.2, 0.25) is 0 Å². The molecule has 3 N–H and O–H groups in total. The summed E-state index contributed by atoms with van der Waals surface area (Å²) >= 11 is 1.24. The van der Waals surface area contributed by atoms with E-state index in [0.29, 0.717) is 16.9 Å². The van der Waals surface area contributed by atoms with Gasteiger partial charge in [0, 0.05) is 11.3 Å². The van der Waals surface area contributed by atoms with Crippen LogP contribution in [0.1, 0.15) is 31.7 Å². The molecule has 2 aromatic carbocycles. The first-order valence-corrected chi connectivity index (χ1v) is 10.4. The van der Waals surface area contributed by atoms with Gasteiger partial charge in [-0.05, 0) is 54.3 Å². The summed E-state index contributed by atoms with van der Waals surface area (Å²) in [7, 11) is 1.61. The van der Waals surface area contributed by atoms with Gasteiger partial charge in [-0.15, -0.1) is 10.2 Å². The summed E-state index contributed by atoms with van der Waals surface area (Å²) in [6.45, 7) is 4.35. The van der Waals surface area contributed by atoms with Gasteiger partial charge in [-0.3, -0.25) is 4.79 Å². The molecule has 1 heterocycles. The molecule has 0 fully saturated rings. The molecule has 29 heavy (non-hydrogen) atoms. The molecule has 0 radical (unpaired) electrons. The van der Waals surface area contributed by atoms with Crippen molar-refractivity contribution >= 4 is 23.4 Å². The SMILES string of the molecule is CC[C@@H](C)c1ccc(NC(=O)CSc2nnc(-c3ccc(OC)cc3)n2N)cc1. The van der Waals surface area contributed by atoms with Gasteiger partial charge in [0.25, 0.3) is 0 Å². The van der Waals surface area contributed by atoms with Crippen molar-refractivity contribution in [2.45, 2.75) is 31.3 Å². The normalized spacial score (nSPS) is 11.8. The minimum Gasteiger partial charge on any atom is -0.497 e. The number of nitrogens with zero attached hydrogens (tertiary/aromatic N) is 3. The number of ether oxygens (including phenoxy) is 1. The fourth-order valence-corrected chi connectivity index (χ4v) is 3.43. The number of amides is 1. The Kier molecular flexibility index (Phi) is 6.77. The lowest BCUT2D eigenvalue weighted by molar-refractivity contribution is -0.113. The van der Waals surface area contributed by atoms with Crippen molar-refractivity contribution in [2.75, 3.05) is 24.0 Å². The molecule has 7 nitrogen and oxygen atoms in total. The van der Waals surface area contributed by atoms with Crippen molar-refractivity contribution in [1.82, 2.24) is 14.9 Å². The van der Waals surface area contributed by atoms with E-state index in [9.17, 15) is 4.79 Å². The summed E-state index contributed by atoms with van der Waals surface area (Å²) in [6.07, 6.45) is 1.08. The molecule has 0 bridgehead atoms. The van der Waals surface area contributed by atoms with Crippen molar-refractivity contribution < 1.29 is 9.53 Å². The van der Waals surface area contributed by atoms with E-state index in [2.05, 4.69) is 41.5 Å². The number of methoxy groups -OCH3 is 1. The Balaban J connectivity index is 1.58. The molecule has 1 amide bonds. The third kappa shape index (κ3) is 5.08. The van der Waals surface area contributed by atoms with Gasteiger partial charge in [0.2, 0.25) is 11.1 Å². The molecule has 0 aliphatic rings. The van der Waals surface area contributed by atoms with Crippen LogP contribution < -0.4 is 15.9 Å². The Hall–Kier alpha value is -3.00. The molecule has 0 unspecified atom stereocenters. The van der Waals surface area contributed by atoms with E-state index in [4.69, 9.17) is 10.6 Å². The number of nitrogen functional groups attached to an aromatic ring is 1. The van der Waals surface area contributed by atoms with Crippen LogP contribution in [0.5, 0.6) is 5.75 Å². The molecule has 0 aliphatic heterocycles. The summed E-state index contributed by atoms with van der Waals surface area (Å²) < 4.78 is 6.54. The highest BCUT2D eigenvalue weighted by molar-refractivity contribution is 7.99. The van der Waals surface area contributed by atoms with Gasteiger partial charge in [-0.2, -0.15) is 0 Å². The van der Waals surface area contributed by atoms with Crippen molar-refractivity contribution in [3.63, 3.8) is 0 Å². The Morgan fingerprint density at radius 2 is 1.86 bits per heavy atom. The van der Waals surface area contributed by atoms with E-state index in [1.807, 2.05) is 36.4 Å². The number of aromatic nitrogens is 3. The fourth-order valence-electron chi connectivity index (χ4n) is 2.77. The van der Waals surface area contributed by atoms with E-state index in [-0.39, 0.29) is 11.7 Å². The van der Waals surface area contributed by atoms with Crippen molar-refractivity contribution in [1.29, 1.82) is 0 Å². The molecule has 3 aromatic rings. The molecule has 1 atom stereocenters. The van der Waals surface area contributed by atoms with Crippen LogP contribution in [0.25, 0.3) is 11.4 Å². The second-order valence-electron chi connectivity index (χ2n) is 6.67. The van der Waals surface area contributed by atoms with Crippen LogP contribution >= 0.6 is 11.8 Å². The zero-order valence-corrected chi connectivity index (χ0v) is 17.6. The number of nitrogens with one attached hydrogen (secondary N) is 1. The standard InChI is InChI=1S/C21H25N5O2S/c1-4-14(2)15-5-9-17(10-6-15)23-19(27)13-29-21-25-24-20(26(21)22)16-7-11-18(28-3)12-8-16/h5-12,14H,4,13,22H2,1-3H3,(H,23,27)/t14-/m1/s1. The number of rotatable bonds is 8. The first kappa shape index (κ1) is 20.7. The average Bonchev–Trinajstić information content (AvgIpc) is 3.12. The summed E-state index contributed by atoms with van der Waals surface area (Å²) in [5.41, 5.74) is 2.86. The van der Waals surface area contributed by atoms with E-state index < -0.39 is 0 Å². The Morgan fingerprint density at radius 3 is 2.48 bits per heavy atom. The average molecular weight is 412 g/mol. The first-order valence-electron chi connectivity index (χ1n) is 9.39. The zero-order chi connectivity index (χ0) is 20.8. The van der Waals surface area contributed by atoms with E-state index >= 15 is 0 Å². The van der Waals surface area contributed by atoms with Crippen molar-refractivity contribution in [2.24, 2.45) is 0 Å². The smallest absolute Gasteiger partial charge is 0.234 e. The molecule has 0 aliphatic carbocycles. The van der Waals surface area contributed by atoms with Gasteiger partial charge in [0.1, 0.15) is 5.75 Å². The van der Waals surface area contributed by atoms with Gasteiger partial charge in [-0.1, -0.05) is 37.7 Å². The number of thioether (sulfide) groups is 1. The Labute approximate surface area is 174 Å². The lowest BCUT2D eigenvalue weighted by Crippen LogP contribution is -2.16. The van der Waals surface area contributed by atoms with Crippen LogP contribution in [0, 0.1) is 0 Å². The number of hydrogen-bond donors (Lipinski definition) is 2. The van der Waals surface area contributed by atoms with Gasteiger partial charge < -0.3 is 15.9 Å². The molecule has 152 valence electrons. The molecule has 1 aromatic heterocycles. The summed E-state index contributed by atoms with van der Waals surface area (Å²) in [6, 6.07) is 15.3. The van der Waals surface area contributed by atoms with Crippen LogP contribution in [0.15, 0.2) is 53.7 Å². The predicted molar refractivity (Wildman–Crippen MR) is 117 cm³/mol. The van der Waals surface area contributed by atoms with Crippen LogP contribution in [-0.4, -0.2) is 33.6 Å². The van der Waals surface area contributed by atoms with Crippen molar-refractivity contribution in [3.05, 3.63) is 54.1 Å².